The van der Waals surface area contributed by atoms with Gasteiger partial charge in [0.25, 0.3) is 5.91 Å². The van der Waals surface area contributed by atoms with Crippen LogP contribution in [0.5, 0.6) is 0 Å². The van der Waals surface area contributed by atoms with Crippen molar-refractivity contribution < 1.29 is 14.4 Å². The molecule has 8 heteroatoms. The molecule has 3 N–H and O–H groups in total. The Kier molecular flexibility index (Phi) is 5.32. The first-order chi connectivity index (χ1) is 15.0. The van der Waals surface area contributed by atoms with E-state index in [0.717, 1.165) is 49.4 Å². The highest BCUT2D eigenvalue weighted by Gasteiger charge is 2.46. The van der Waals surface area contributed by atoms with Gasteiger partial charge in [0, 0.05) is 63.3 Å². The molecule has 1 aliphatic carbocycles. The maximum Gasteiger partial charge on any atom is 0.255 e. The lowest BCUT2D eigenvalue weighted by Crippen LogP contribution is -2.65. The van der Waals surface area contributed by atoms with E-state index in [1.807, 2.05) is 12.1 Å². The summed E-state index contributed by atoms with van der Waals surface area (Å²) in [4.78, 5) is 44.0. The van der Waals surface area contributed by atoms with Crippen LogP contribution >= 0.6 is 0 Å². The van der Waals surface area contributed by atoms with Crippen LogP contribution in [0.2, 0.25) is 0 Å². The lowest BCUT2D eigenvalue weighted by atomic mass is 9.73. The number of piperidine rings is 1. The molecule has 1 aromatic carbocycles. The van der Waals surface area contributed by atoms with Crippen LogP contribution in [0.3, 0.4) is 0 Å². The number of carbonyl (C=O) groups is 3. The fourth-order valence-electron chi connectivity index (χ4n) is 5.80. The van der Waals surface area contributed by atoms with E-state index in [2.05, 4.69) is 21.2 Å². The molecule has 2 saturated heterocycles. The lowest BCUT2D eigenvalue weighted by molar-refractivity contribution is -0.136. The number of imide groups is 1. The van der Waals surface area contributed by atoms with E-state index in [4.69, 9.17) is 5.73 Å². The quantitative estimate of drug-likeness (QED) is 0.665. The van der Waals surface area contributed by atoms with Crippen molar-refractivity contribution in [1.82, 2.24) is 20.0 Å². The topological polar surface area (TPSA) is 99.0 Å². The molecule has 5 rings (SSSR count). The average Bonchev–Trinajstić information content (AvgIpc) is 3.05. The fourth-order valence-corrected chi connectivity index (χ4v) is 5.80. The highest BCUT2D eigenvalue weighted by Crippen LogP contribution is 2.42. The van der Waals surface area contributed by atoms with E-state index in [0.29, 0.717) is 19.5 Å². The van der Waals surface area contributed by atoms with Gasteiger partial charge in [-0.15, -0.1) is 0 Å². The summed E-state index contributed by atoms with van der Waals surface area (Å²) >= 11 is 0. The number of nitrogens with zero attached hydrogens (tertiary/aromatic N) is 3. The van der Waals surface area contributed by atoms with Crippen LogP contribution in [0.4, 0.5) is 0 Å². The van der Waals surface area contributed by atoms with Gasteiger partial charge < -0.3 is 10.6 Å². The Labute approximate surface area is 182 Å². The molecule has 1 unspecified atom stereocenters. The van der Waals surface area contributed by atoms with Gasteiger partial charge in [0.05, 0.1) is 0 Å². The van der Waals surface area contributed by atoms with Crippen molar-refractivity contribution in [3.63, 3.8) is 0 Å². The van der Waals surface area contributed by atoms with Crippen LogP contribution in [0, 0.1) is 0 Å². The third-order valence-corrected chi connectivity index (χ3v) is 7.60. The van der Waals surface area contributed by atoms with Crippen LogP contribution in [-0.2, 0) is 22.7 Å². The second kappa shape index (κ2) is 8.00. The van der Waals surface area contributed by atoms with Gasteiger partial charge in [0.15, 0.2) is 0 Å². The molecular weight excluding hydrogens is 394 g/mol. The minimum atomic E-state index is -0.566. The molecule has 1 saturated carbocycles. The van der Waals surface area contributed by atoms with Crippen LogP contribution < -0.4 is 11.1 Å². The Morgan fingerprint density at radius 2 is 2.00 bits per heavy atom. The van der Waals surface area contributed by atoms with Gasteiger partial charge in [-0.05, 0) is 36.8 Å². The molecule has 8 nitrogen and oxygen atoms in total. The highest BCUT2D eigenvalue weighted by molar-refractivity contribution is 6.06. The third-order valence-electron chi connectivity index (χ3n) is 7.60. The van der Waals surface area contributed by atoms with Gasteiger partial charge in [-0.2, -0.15) is 0 Å². The summed E-state index contributed by atoms with van der Waals surface area (Å²) in [7, 11) is 0. The Morgan fingerprint density at radius 1 is 1.16 bits per heavy atom. The Hall–Kier alpha value is -2.29. The van der Waals surface area contributed by atoms with Crippen molar-refractivity contribution in [3.8, 4) is 0 Å². The van der Waals surface area contributed by atoms with Gasteiger partial charge in [-0.3, -0.25) is 29.5 Å². The van der Waals surface area contributed by atoms with Gasteiger partial charge in [-0.25, -0.2) is 0 Å². The second-order valence-corrected chi connectivity index (χ2v) is 9.42. The second-order valence-electron chi connectivity index (χ2n) is 9.42. The van der Waals surface area contributed by atoms with Gasteiger partial charge in [-0.1, -0.05) is 18.2 Å². The van der Waals surface area contributed by atoms with Crippen molar-refractivity contribution in [2.24, 2.45) is 5.73 Å². The predicted molar refractivity (Wildman–Crippen MR) is 115 cm³/mol. The number of nitrogens with two attached hydrogens (primary N) is 1. The number of benzene rings is 1. The standard InChI is InChI=1S/C23H31N5O3/c24-9-10-26-11-12-27(23(15-26)7-2-8-23)13-16-3-1-4-17-14-28(22(31)20(16)17)18-5-6-19(29)25-21(18)30/h1,3-4,18H,2,5-15,24H2,(H,25,29,30). The summed E-state index contributed by atoms with van der Waals surface area (Å²) in [6.45, 7) is 5.86. The molecule has 0 radical (unpaired) electrons. The number of piperazine rings is 1. The minimum absolute atomic E-state index is 0.0791. The summed E-state index contributed by atoms with van der Waals surface area (Å²) < 4.78 is 0. The smallest absolute Gasteiger partial charge is 0.255 e. The normalized spacial score (nSPS) is 26.2. The number of fused-ring (bicyclic) bond motifs is 1. The van der Waals surface area contributed by atoms with Crippen LogP contribution in [-0.4, -0.2) is 76.7 Å². The average molecular weight is 426 g/mol. The van der Waals surface area contributed by atoms with Crippen molar-refractivity contribution >= 4 is 17.7 Å². The van der Waals surface area contributed by atoms with Crippen molar-refractivity contribution in [2.75, 3.05) is 32.7 Å². The van der Waals surface area contributed by atoms with E-state index in [1.54, 1.807) is 4.90 Å². The molecule has 1 spiro atoms. The first-order valence-corrected chi connectivity index (χ1v) is 11.4. The number of amides is 3. The first-order valence-electron chi connectivity index (χ1n) is 11.4. The molecular formula is C23H31N5O3. The monoisotopic (exact) mass is 425 g/mol. The lowest BCUT2D eigenvalue weighted by Gasteiger charge is -2.56. The molecule has 0 aromatic heterocycles. The number of rotatable bonds is 5. The van der Waals surface area contributed by atoms with Crippen molar-refractivity contribution in [3.05, 3.63) is 34.9 Å². The number of hydrogen-bond acceptors (Lipinski definition) is 6. The third kappa shape index (κ3) is 3.56. The zero-order valence-electron chi connectivity index (χ0n) is 17.9. The van der Waals surface area contributed by atoms with E-state index in [1.165, 1.54) is 19.3 Å². The number of hydrogen-bond donors (Lipinski definition) is 2. The zero-order valence-corrected chi connectivity index (χ0v) is 17.9. The summed E-state index contributed by atoms with van der Waals surface area (Å²) in [5.74, 6) is -0.696. The molecule has 31 heavy (non-hydrogen) atoms. The van der Waals surface area contributed by atoms with E-state index in [-0.39, 0.29) is 29.7 Å². The van der Waals surface area contributed by atoms with Crippen LogP contribution in [0.25, 0.3) is 0 Å². The maximum absolute atomic E-state index is 13.4. The summed E-state index contributed by atoms with van der Waals surface area (Å²) in [6.07, 6.45) is 4.31. The summed E-state index contributed by atoms with van der Waals surface area (Å²) in [5, 5.41) is 2.38. The van der Waals surface area contributed by atoms with Gasteiger partial charge in [0.2, 0.25) is 11.8 Å². The molecule has 1 aromatic rings. The van der Waals surface area contributed by atoms with E-state index >= 15 is 0 Å². The van der Waals surface area contributed by atoms with Crippen molar-refractivity contribution in [1.29, 1.82) is 0 Å². The molecule has 4 aliphatic rings. The van der Waals surface area contributed by atoms with Crippen LogP contribution in [0.1, 0.15) is 53.6 Å². The first kappa shape index (κ1) is 20.6. The van der Waals surface area contributed by atoms with Gasteiger partial charge >= 0.3 is 0 Å². The fraction of sp³-hybridized carbons (Fsp3) is 0.609. The molecule has 0 bridgehead atoms. The highest BCUT2D eigenvalue weighted by atomic mass is 16.2. The largest absolute Gasteiger partial charge is 0.329 e. The van der Waals surface area contributed by atoms with E-state index in [9.17, 15) is 14.4 Å². The zero-order chi connectivity index (χ0) is 21.6. The molecule has 3 fully saturated rings. The Bertz CT molecular complexity index is 912. The SMILES string of the molecule is NCCN1CCN(Cc2cccc3c2C(=O)N(C2CCC(=O)NC2=O)C3)C2(CCC2)C1. The minimum Gasteiger partial charge on any atom is -0.329 e. The summed E-state index contributed by atoms with van der Waals surface area (Å²) in [5.41, 5.74) is 8.78. The van der Waals surface area contributed by atoms with Crippen LogP contribution in [0.15, 0.2) is 18.2 Å². The Morgan fingerprint density at radius 3 is 2.71 bits per heavy atom. The molecule has 3 heterocycles. The predicted octanol–water partition coefficient (Wildman–Crippen LogP) is 0.447. The van der Waals surface area contributed by atoms with Crippen molar-refractivity contribution in [2.45, 2.75) is 56.8 Å². The van der Waals surface area contributed by atoms with Gasteiger partial charge in [0.1, 0.15) is 6.04 Å². The molecule has 3 amide bonds. The number of nitrogens with one attached hydrogen (secondary N) is 1. The number of carbonyl (C=O) groups excluding carboxylic acids is 3. The summed E-state index contributed by atoms with van der Waals surface area (Å²) in [6, 6.07) is 5.50. The molecule has 166 valence electrons. The Balaban J connectivity index is 1.36. The maximum atomic E-state index is 13.4. The van der Waals surface area contributed by atoms with E-state index < -0.39 is 6.04 Å². The molecule has 1 atom stereocenters. The molecule has 3 aliphatic heterocycles.